The number of hydrogen-bond donors (Lipinski definition) is 1. The van der Waals surface area contributed by atoms with Crippen LogP contribution in [0.15, 0.2) is 91.4 Å². The lowest BCUT2D eigenvalue weighted by atomic mass is 9.79. The molecule has 0 radical (unpaired) electrons. The molecule has 1 aliphatic carbocycles. The quantitative estimate of drug-likeness (QED) is 0.254. The fraction of sp³-hybridized carbons (Fsp3) is 0.167. The first-order valence-electron chi connectivity index (χ1n) is 12.6. The summed E-state index contributed by atoms with van der Waals surface area (Å²) in [5.41, 5.74) is 3.97. The van der Waals surface area contributed by atoms with Gasteiger partial charge in [-0.1, -0.05) is 54.1 Å². The second kappa shape index (κ2) is 10.9. The van der Waals surface area contributed by atoms with Gasteiger partial charge in [0.2, 0.25) is 0 Å². The number of benzene rings is 3. The Morgan fingerprint density at radius 3 is 2.59 bits per heavy atom. The van der Waals surface area contributed by atoms with Crippen LogP contribution in [0.4, 0.5) is 5.69 Å². The molecule has 0 aliphatic heterocycles. The zero-order valence-corrected chi connectivity index (χ0v) is 21.7. The summed E-state index contributed by atoms with van der Waals surface area (Å²) in [6, 6.07) is 27.4. The highest BCUT2D eigenvalue weighted by molar-refractivity contribution is 6.32. The van der Waals surface area contributed by atoms with Gasteiger partial charge in [0.25, 0.3) is 0 Å². The van der Waals surface area contributed by atoms with Crippen LogP contribution in [-0.2, 0) is 6.61 Å². The third-order valence-electron chi connectivity index (χ3n) is 6.80. The molecule has 0 amide bonds. The first kappa shape index (κ1) is 24.6. The summed E-state index contributed by atoms with van der Waals surface area (Å²) < 4.78 is 8.12. The Labute approximate surface area is 230 Å². The van der Waals surface area contributed by atoms with Gasteiger partial charge in [-0.25, -0.2) is 9.97 Å². The molecule has 0 saturated heterocycles. The molecule has 1 saturated carbocycles. The number of para-hydroxylation sites is 1. The Morgan fingerprint density at radius 2 is 1.82 bits per heavy atom. The molecule has 9 heteroatoms. The fourth-order valence-corrected chi connectivity index (χ4v) is 4.97. The topological polar surface area (TPSA) is 102 Å². The summed E-state index contributed by atoms with van der Waals surface area (Å²) in [5, 5.41) is 22.7. The summed E-state index contributed by atoms with van der Waals surface area (Å²) in [6.45, 7) is 0.421. The van der Waals surface area contributed by atoms with Crippen LogP contribution in [0.2, 0.25) is 5.02 Å². The SMILES string of the molecule is N#Cc1ccc(NC2CC(c3nnc(-c4ccncn4)n3-c3ccccc3Cl)C2)c(OCc2ccccc2)c1. The minimum atomic E-state index is 0.175. The Balaban J connectivity index is 1.22. The lowest BCUT2D eigenvalue weighted by Gasteiger charge is -2.36. The van der Waals surface area contributed by atoms with Crippen molar-refractivity contribution < 1.29 is 4.74 Å². The molecule has 5 aromatic rings. The van der Waals surface area contributed by atoms with E-state index in [9.17, 15) is 5.26 Å². The zero-order valence-electron chi connectivity index (χ0n) is 20.9. The summed E-state index contributed by atoms with van der Waals surface area (Å²) in [6.07, 6.45) is 4.89. The number of anilines is 1. The van der Waals surface area contributed by atoms with Crippen molar-refractivity contribution in [2.75, 3.05) is 5.32 Å². The van der Waals surface area contributed by atoms with Crippen molar-refractivity contribution in [3.8, 4) is 29.0 Å². The maximum atomic E-state index is 9.40. The number of aromatic nitrogens is 5. The first-order valence-corrected chi connectivity index (χ1v) is 13.0. The standard InChI is InChI=1S/C30H24ClN7O/c31-24-8-4-5-9-27(24)38-29(36-37-30(38)26-12-13-33-19-34-26)22-15-23(16-22)35-25-11-10-21(17-32)14-28(25)39-18-20-6-2-1-3-7-20/h1-14,19,22-23,35H,15-16,18H2. The van der Waals surface area contributed by atoms with Crippen molar-refractivity contribution >= 4 is 17.3 Å². The predicted octanol–water partition coefficient (Wildman–Crippen LogP) is 6.19. The van der Waals surface area contributed by atoms with Crippen LogP contribution >= 0.6 is 11.6 Å². The Morgan fingerprint density at radius 1 is 1.00 bits per heavy atom. The Hall–Kier alpha value is -4.74. The molecule has 0 spiro atoms. The average molecular weight is 534 g/mol. The molecule has 0 atom stereocenters. The minimum Gasteiger partial charge on any atom is -0.487 e. The molecule has 2 heterocycles. The summed E-state index contributed by atoms with van der Waals surface area (Å²) >= 11 is 6.61. The van der Waals surface area contributed by atoms with Crippen molar-refractivity contribution in [2.45, 2.75) is 31.4 Å². The molecule has 8 nitrogen and oxygen atoms in total. The molecule has 0 bridgehead atoms. The number of rotatable bonds is 8. The minimum absolute atomic E-state index is 0.175. The summed E-state index contributed by atoms with van der Waals surface area (Å²) in [7, 11) is 0. The molecule has 1 fully saturated rings. The second-order valence-corrected chi connectivity index (χ2v) is 9.78. The molecular formula is C30H24ClN7O. The largest absolute Gasteiger partial charge is 0.487 e. The molecule has 3 aromatic carbocycles. The van der Waals surface area contributed by atoms with Crippen LogP contribution < -0.4 is 10.1 Å². The van der Waals surface area contributed by atoms with Crippen molar-refractivity contribution in [1.29, 1.82) is 5.26 Å². The predicted molar refractivity (Wildman–Crippen MR) is 149 cm³/mol. The summed E-state index contributed by atoms with van der Waals surface area (Å²) in [4.78, 5) is 8.42. The van der Waals surface area contributed by atoms with Crippen LogP contribution in [-0.4, -0.2) is 30.8 Å². The maximum Gasteiger partial charge on any atom is 0.187 e. The lowest BCUT2D eigenvalue weighted by molar-refractivity contribution is 0.305. The molecule has 1 N–H and O–H groups in total. The van der Waals surface area contributed by atoms with E-state index in [2.05, 4.69) is 31.6 Å². The number of ether oxygens (including phenoxy) is 1. The van der Waals surface area contributed by atoms with Crippen molar-refractivity contribution in [3.63, 3.8) is 0 Å². The van der Waals surface area contributed by atoms with Crippen LogP contribution in [0.1, 0.15) is 35.7 Å². The van der Waals surface area contributed by atoms with Gasteiger partial charge in [-0.3, -0.25) is 4.57 Å². The van der Waals surface area contributed by atoms with Crippen molar-refractivity contribution in [2.24, 2.45) is 0 Å². The van der Waals surface area contributed by atoms with Crippen LogP contribution in [0.3, 0.4) is 0 Å². The third-order valence-corrected chi connectivity index (χ3v) is 7.12. The van der Waals surface area contributed by atoms with E-state index in [1.807, 2.05) is 71.3 Å². The van der Waals surface area contributed by atoms with Gasteiger partial charge in [0.1, 0.15) is 30.2 Å². The first-order chi connectivity index (χ1) is 19.2. The normalized spacial score (nSPS) is 16.2. The van der Waals surface area contributed by atoms with Crippen LogP contribution in [0.25, 0.3) is 17.2 Å². The highest BCUT2D eigenvalue weighted by Gasteiger charge is 2.36. The van der Waals surface area contributed by atoms with E-state index < -0.39 is 0 Å². The maximum absolute atomic E-state index is 9.40. The zero-order chi connectivity index (χ0) is 26.6. The Bertz CT molecular complexity index is 1630. The van der Waals surface area contributed by atoms with Crippen LogP contribution in [0.5, 0.6) is 5.75 Å². The van der Waals surface area contributed by atoms with E-state index >= 15 is 0 Å². The van der Waals surface area contributed by atoms with E-state index in [1.54, 1.807) is 18.3 Å². The molecule has 192 valence electrons. The fourth-order valence-electron chi connectivity index (χ4n) is 4.75. The molecule has 0 unspecified atom stereocenters. The van der Waals surface area contributed by atoms with Gasteiger partial charge in [0.15, 0.2) is 5.82 Å². The van der Waals surface area contributed by atoms with Gasteiger partial charge in [-0.15, -0.1) is 10.2 Å². The van der Waals surface area contributed by atoms with Gasteiger partial charge in [0, 0.05) is 24.2 Å². The van der Waals surface area contributed by atoms with E-state index in [-0.39, 0.29) is 12.0 Å². The van der Waals surface area contributed by atoms with Gasteiger partial charge >= 0.3 is 0 Å². The second-order valence-electron chi connectivity index (χ2n) is 9.37. The molecule has 39 heavy (non-hydrogen) atoms. The molecular weight excluding hydrogens is 510 g/mol. The number of hydrogen-bond acceptors (Lipinski definition) is 7. The van der Waals surface area contributed by atoms with Crippen molar-refractivity contribution in [3.05, 3.63) is 113 Å². The smallest absolute Gasteiger partial charge is 0.187 e. The van der Waals surface area contributed by atoms with Gasteiger partial charge in [0.05, 0.1) is 28.0 Å². The molecule has 1 aliphatic rings. The number of nitriles is 1. The van der Waals surface area contributed by atoms with E-state index in [1.165, 1.54) is 6.33 Å². The van der Waals surface area contributed by atoms with Crippen LogP contribution in [0, 0.1) is 11.3 Å². The van der Waals surface area contributed by atoms with E-state index in [4.69, 9.17) is 16.3 Å². The van der Waals surface area contributed by atoms with E-state index in [0.717, 1.165) is 35.6 Å². The van der Waals surface area contributed by atoms with Gasteiger partial charge in [-0.05, 0) is 48.7 Å². The monoisotopic (exact) mass is 533 g/mol. The highest BCUT2D eigenvalue weighted by atomic mass is 35.5. The van der Waals surface area contributed by atoms with Gasteiger partial charge in [-0.2, -0.15) is 5.26 Å². The van der Waals surface area contributed by atoms with Gasteiger partial charge < -0.3 is 10.1 Å². The number of halogens is 1. The molecule has 6 rings (SSSR count). The third kappa shape index (κ3) is 5.17. The van der Waals surface area contributed by atoms with E-state index in [0.29, 0.717) is 34.5 Å². The Kier molecular flexibility index (Phi) is 6.89. The lowest BCUT2D eigenvalue weighted by Crippen LogP contribution is -2.35. The highest BCUT2D eigenvalue weighted by Crippen LogP contribution is 2.41. The number of nitrogens with one attached hydrogen (secondary N) is 1. The average Bonchev–Trinajstić information content (AvgIpc) is 3.39. The van der Waals surface area contributed by atoms with Crippen molar-refractivity contribution in [1.82, 2.24) is 24.7 Å². The number of nitrogens with zero attached hydrogens (tertiary/aromatic N) is 6. The molecule has 2 aromatic heterocycles. The summed E-state index contributed by atoms with van der Waals surface area (Å²) in [5.74, 6) is 2.30.